The van der Waals surface area contributed by atoms with Crippen molar-refractivity contribution in [2.45, 2.75) is 40.3 Å². The molecule has 1 atom stereocenters. The minimum Gasteiger partial charge on any atom is -0.377 e. The Labute approximate surface area is 112 Å². The van der Waals surface area contributed by atoms with E-state index in [-0.39, 0.29) is 6.10 Å². The summed E-state index contributed by atoms with van der Waals surface area (Å²) < 4.78 is 7.74. The van der Waals surface area contributed by atoms with Crippen LogP contribution in [0.5, 0.6) is 0 Å². The van der Waals surface area contributed by atoms with Crippen LogP contribution in [0.2, 0.25) is 0 Å². The van der Waals surface area contributed by atoms with Crippen LogP contribution in [-0.2, 0) is 11.3 Å². The first-order valence-corrected chi connectivity index (χ1v) is 7.25. The molecule has 0 aliphatic heterocycles. The molecule has 2 aromatic rings. The normalized spacial score (nSPS) is 13.3. The Morgan fingerprint density at radius 2 is 2.28 bits per heavy atom. The fourth-order valence-electron chi connectivity index (χ4n) is 2.11. The summed E-state index contributed by atoms with van der Waals surface area (Å²) >= 11 is 1.70. The Balaban J connectivity index is 2.03. The first-order chi connectivity index (χ1) is 8.63. The van der Waals surface area contributed by atoms with Gasteiger partial charge in [-0.05, 0) is 27.7 Å². The van der Waals surface area contributed by atoms with Crippen LogP contribution >= 0.6 is 11.3 Å². The Hall–Kier alpha value is -0.910. The molecule has 2 aromatic heterocycles. The molecule has 2 heterocycles. The molecule has 0 bridgehead atoms. The molecule has 0 aliphatic carbocycles. The number of rotatable bonds is 6. The van der Waals surface area contributed by atoms with Gasteiger partial charge < -0.3 is 10.1 Å². The van der Waals surface area contributed by atoms with Crippen molar-refractivity contribution >= 4 is 16.3 Å². The standard InChI is InChI=1S/C13H21N3OS/c1-5-17-10(3)6-14-7-12-11(4)15-13-16(12)9(2)8-18-13/h8,10,14H,5-7H2,1-4H3. The molecule has 0 saturated carbocycles. The summed E-state index contributed by atoms with van der Waals surface area (Å²) in [5, 5.41) is 5.59. The summed E-state index contributed by atoms with van der Waals surface area (Å²) in [7, 11) is 0. The first kappa shape index (κ1) is 13.5. The number of imidazole rings is 1. The molecule has 0 fully saturated rings. The quantitative estimate of drug-likeness (QED) is 0.874. The minimum absolute atomic E-state index is 0.252. The summed E-state index contributed by atoms with van der Waals surface area (Å²) in [5.41, 5.74) is 3.62. The van der Waals surface area contributed by atoms with Crippen LogP contribution in [-0.4, -0.2) is 28.6 Å². The van der Waals surface area contributed by atoms with E-state index in [0.29, 0.717) is 0 Å². The molecule has 100 valence electrons. The van der Waals surface area contributed by atoms with Gasteiger partial charge in [-0.1, -0.05) is 0 Å². The monoisotopic (exact) mass is 267 g/mol. The number of aromatic nitrogens is 2. The summed E-state index contributed by atoms with van der Waals surface area (Å²) in [6, 6.07) is 0. The molecular weight excluding hydrogens is 246 g/mol. The highest BCUT2D eigenvalue weighted by molar-refractivity contribution is 7.15. The number of fused-ring (bicyclic) bond motifs is 1. The van der Waals surface area contributed by atoms with E-state index in [1.807, 2.05) is 6.92 Å². The average molecular weight is 267 g/mol. The van der Waals surface area contributed by atoms with Crippen LogP contribution in [0.25, 0.3) is 4.96 Å². The van der Waals surface area contributed by atoms with E-state index in [2.05, 4.69) is 40.9 Å². The largest absolute Gasteiger partial charge is 0.377 e. The predicted octanol–water partition coefficient (Wildman–Crippen LogP) is 2.53. The van der Waals surface area contributed by atoms with Gasteiger partial charge in [0.2, 0.25) is 0 Å². The van der Waals surface area contributed by atoms with Gasteiger partial charge in [0.25, 0.3) is 0 Å². The van der Waals surface area contributed by atoms with Crippen LogP contribution in [0.15, 0.2) is 5.38 Å². The number of thiazole rings is 1. The van der Waals surface area contributed by atoms with Gasteiger partial charge in [-0.2, -0.15) is 0 Å². The lowest BCUT2D eigenvalue weighted by Gasteiger charge is -2.12. The van der Waals surface area contributed by atoms with Gasteiger partial charge >= 0.3 is 0 Å². The van der Waals surface area contributed by atoms with E-state index in [0.717, 1.165) is 30.4 Å². The van der Waals surface area contributed by atoms with E-state index in [1.54, 1.807) is 11.3 Å². The van der Waals surface area contributed by atoms with Crippen LogP contribution in [0, 0.1) is 13.8 Å². The van der Waals surface area contributed by atoms with Crippen LogP contribution in [0.3, 0.4) is 0 Å². The zero-order chi connectivity index (χ0) is 13.1. The van der Waals surface area contributed by atoms with Gasteiger partial charge in [0.05, 0.1) is 17.5 Å². The van der Waals surface area contributed by atoms with Gasteiger partial charge in [0.1, 0.15) is 0 Å². The van der Waals surface area contributed by atoms with Crippen molar-refractivity contribution in [2.24, 2.45) is 0 Å². The zero-order valence-corrected chi connectivity index (χ0v) is 12.3. The van der Waals surface area contributed by atoms with Gasteiger partial charge in [0.15, 0.2) is 4.96 Å². The molecular formula is C13H21N3OS. The fourth-order valence-corrected chi connectivity index (χ4v) is 3.04. The molecule has 2 rings (SSSR count). The van der Waals surface area contributed by atoms with E-state index in [1.165, 1.54) is 11.4 Å². The number of hydrogen-bond donors (Lipinski definition) is 1. The third kappa shape index (κ3) is 2.74. The smallest absolute Gasteiger partial charge is 0.194 e. The average Bonchev–Trinajstić information content (AvgIpc) is 2.81. The second kappa shape index (κ2) is 5.82. The van der Waals surface area contributed by atoms with Gasteiger partial charge in [-0.3, -0.25) is 4.40 Å². The maximum Gasteiger partial charge on any atom is 0.194 e. The summed E-state index contributed by atoms with van der Waals surface area (Å²) in [4.78, 5) is 5.66. The molecule has 0 spiro atoms. The third-order valence-electron chi connectivity index (χ3n) is 3.01. The molecule has 1 unspecified atom stereocenters. The van der Waals surface area contributed by atoms with Gasteiger partial charge in [-0.15, -0.1) is 11.3 Å². The first-order valence-electron chi connectivity index (χ1n) is 6.37. The summed E-state index contributed by atoms with van der Waals surface area (Å²) in [6.07, 6.45) is 0.252. The lowest BCUT2D eigenvalue weighted by Crippen LogP contribution is -2.27. The number of ether oxygens (including phenoxy) is 1. The fraction of sp³-hybridized carbons (Fsp3) is 0.615. The molecule has 0 amide bonds. The molecule has 0 radical (unpaired) electrons. The molecule has 4 nitrogen and oxygen atoms in total. The SMILES string of the molecule is CCOC(C)CNCc1c(C)nc2scc(C)n12. The van der Waals surface area contributed by atoms with Crippen molar-refractivity contribution in [1.29, 1.82) is 0 Å². The molecule has 0 aromatic carbocycles. The minimum atomic E-state index is 0.252. The van der Waals surface area contributed by atoms with Crippen LogP contribution in [0.1, 0.15) is 30.9 Å². The Kier molecular flexibility index (Phi) is 4.37. The van der Waals surface area contributed by atoms with Crippen LogP contribution < -0.4 is 5.32 Å². The highest BCUT2D eigenvalue weighted by Crippen LogP contribution is 2.20. The second-order valence-corrected chi connectivity index (χ2v) is 5.37. The van der Waals surface area contributed by atoms with Gasteiger partial charge in [0, 0.05) is 30.8 Å². The lowest BCUT2D eigenvalue weighted by atomic mass is 10.3. The van der Waals surface area contributed by atoms with Crippen molar-refractivity contribution < 1.29 is 4.74 Å². The van der Waals surface area contributed by atoms with Crippen molar-refractivity contribution in [1.82, 2.24) is 14.7 Å². The maximum absolute atomic E-state index is 5.50. The molecule has 18 heavy (non-hydrogen) atoms. The molecule has 5 heteroatoms. The highest BCUT2D eigenvalue weighted by Gasteiger charge is 2.12. The highest BCUT2D eigenvalue weighted by atomic mass is 32.1. The predicted molar refractivity (Wildman–Crippen MR) is 75.3 cm³/mol. The number of hydrogen-bond acceptors (Lipinski definition) is 4. The lowest BCUT2D eigenvalue weighted by molar-refractivity contribution is 0.0758. The number of aryl methyl sites for hydroxylation is 2. The van der Waals surface area contributed by atoms with Crippen LogP contribution in [0.4, 0.5) is 0 Å². The summed E-state index contributed by atoms with van der Waals surface area (Å²) in [5.74, 6) is 0. The van der Waals surface area contributed by atoms with Crippen molar-refractivity contribution in [3.63, 3.8) is 0 Å². The van der Waals surface area contributed by atoms with E-state index in [9.17, 15) is 0 Å². The summed E-state index contributed by atoms with van der Waals surface area (Å²) in [6.45, 7) is 10.8. The van der Waals surface area contributed by atoms with E-state index in [4.69, 9.17) is 4.74 Å². The number of nitrogens with one attached hydrogen (secondary N) is 1. The number of nitrogens with zero attached hydrogens (tertiary/aromatic N) is 2. The van der Waals surface area contributed by atoms with E-state index < -0.39 is 0 Å². The molecule has 0 saturated heterocycles. The van der Waals surface area contributed by atoms with E-state index >= 15 is 0 Å². The van der Waals surface area contributed by atoms with Crippen molar-refractivity contribution in [3.8, 4) is 0 Å². The maximum atomic E-state index is 5.50. The molecule has 0 aliphatic rings. The van der Waals surface area contributed by atoms with Gasteiger partial charge in [-0.25, -0.2) is 4.98 Å². The van der Waals surface area contributed by atoms with Crippen molar-refractivity contribution in [2.75, 3.05) is 13.2 Å². The molecule has 1 N–H and O–H groups in total. The Morgan fingerprint density at radius 3 is 3.00 bits per heavy atom. The Bertz CT molecular complexity index is 518. The zero-order valence-electron chi connectivity index (χ0n) is 11.5. The van der Waals surface area contributed by atoms with Crippen molar-refractivity contribution in [3.05, 3.63) is 22.5 Å². The Morgan fingerprint density at radius 1 is 1.50 bits per heavy atom. The third-order valence-corrected chi connectivity index (χ3v) is 3.95. The topological polar surface area (TPSA) is 38.6 Å². The second-order valence-electron chi connectivity index (χ2n) is 4.54.